The van der Waals surface area contributed by atoms with E-state index in [0.29, 0.717) is 0 Å². The van der Waals surface area contributed by atoms with E-state index in [0.717, 1.165) is 18.2 Å². The second-order valence-corrected chi connectivity index (χ2v) is 15.8. The smallest absolute Gasteiger partial charge is 0.376 e. The molecule has 29 heavy (non-hydrogen) atoms. The number of alkyl halides is 6. The molecule has 0 aliphatic rings. The molecular weight excluding hydrogens is 470 g/mol. The highest BCUT2D eigenvalue weighted by Gasteiger charge is 2.52. The molecule has 0 heterocycles. The molecule has 0 radical (unpaired) electrons. The van der Waals surface area contributed by atoms with Gasteiger partial charge in [-0.25, -0.2) is 0 Å². The normalized spacial score (nSPS) is 14.6. The minimum Gasteiger partial charge on any atom is -0.376 e. The third kappa shape index (κ3) is 5.17. The molecule has 1 aromatic carbocycles. The van der Waals surface area contributed by atoms with Crippen LogP contribution < -0.4 is 13.6 Å². The van der Waals surface area contributed by atoms with Gasteiger partial charge in [0.15, 0.2) is 0 Å². The molecule has 0 atom stereocenters. The Morgan fingerprint density at radius 2 is 1.07 bits per heavy atom. The number of hydrogen-bond acceptors (Lipinski definition) is 6. The minimum atomic E-state index is -6.17. The van der Waals surface area contributed by atoms with Crippen LogP contribution in [0.1, 0.15) is 20.8 Å². The highest BCUT2D eigenvalue weighted by Crippen LogP contribution is 2.41. The topological polar surface area (TPSA) is 86.7 Å². The quantitative estimate of drug-likeness (QED) is 0.271. The van der Waals surface area contributed by atoms with E-state index in [2.05, 4.69) is 8.37 Å². The van der Waals surface area contributed by atoms with Crippen molar-refractivity contribution in [1.29, 1.82) is 0 Å². The lowest BCUT2D eigenvalue weighted by atomic mass is 10.2. The molecule has 6 nitrogen and oxygen atoms in total. The average Bonchev–Trinajstić information content (AvgIpc) is 2.42. The van der Waals surface area contributed by atoms with E-state index in [1.807, 2.05) is 0 Å². The Balaban J connectivity index is 3.82. The molecule has 168 valence electrons. The predicted octanol–water partition coefficient (Wildman–Crippen LogP) is 3.86. The van der Waals surface area contributed by atoms with Crippen molar-refractivity contribution in [3.8, 4) is 11.5 Å². The van der Waals surface area contributed by atoms with Crippen molar-refractivity contribution in [3.05, 3.63) is 18.2 Å². The maximum Gasteiger partial charge on any atom is 0.534 e. The Labute approximate surface area is 165 Å². The standard InChI is InChI=1S/C14H18F6O6S2Si/c1-12(2,3)29(4,5)11-9(25-27(21,22)13(15,16)17)7-6-8-10(11)26-28(23,24)14(18,19)20/h6-8H,1-5H3. The van der Waals surface area contributed by atoms with Crippen LogP contribution in [0.15, 0.2) is 18.2 Å². The number of halogens is 6. The Kier molecular flexibility index (Phi) is 6.46. The molecule has 0 unspecified atom stereocenters. The predicted molar refractivity (Wildman–Crippen MR) is 94.5 cm³/mol. The van der Waals surface area contributed by atoms with Crippen molar-refractivity contribution >= 4 is 33.5 Å². The summed E-state index contributed by atoms with van der Waals surface area (Å²) in [5.74, 6) is -1.91. The fourth-order valence-electron chi connectivity index (χ4n) is 1.97. The minimum absolute atomic E-state index is 0.465. The van der Waals surface area contributed by atoms with E-state index in [1.54, 1.807) is 20.8 Å². The second kappa shape index (κ2) is 7.33. The third-order valence-electron chi connectivity index (χ3n) is 4.45. The van der Waals surface area contributed by atoms with E-state index in [1.165, 1.54) is 13.1 Å². The Hall–Kier alpha value is -1.48. The van der Waals surface area contributed by atoms with Crippen molar-refractivity contribution in [2.45, 2.75) is 49.9 Å². The summed E-state index contributed by atoms with van der Waals surface area (Å²) in [5, 5.41) is -1.25. The molecule has 0 spiro atoms. The van der Waals surface area contributed by atoms with Crippen LogP contribution in [0, 0.1) is 0 Å². The van der Waals surface area contributed by atoms with Crippen LogP contribution in [0.4, 0.5) is 26.3 Å². The zero-order valence-electron chi connectivity index (χ0n) is 15.8. The van der Waals surface area contributed by atoms with E-state index >= 15 is 0 Å². The maximum absolute atomic E-state index is 12.7. The monoisotopic (exact) mass is 488 g/mol. The third-order valence-corrected chi connectivity index (χ3v) is 11.9. The number of hydrogen-bond donors (Lipinski definition) is 0. The molecule has 1 rings (SSSR count). The van der Waals surface area contributed by atoms with Gasteiger partial charge < -0.3 is 8.37 Å². The van der Waals surface area contributed by atoms with Gasteiger partial charge in [0.1, 0.15) is 11.5 Å². The summed E-state index contributed by atoms with van der Waals surface area (Å²) in [7, 11) is -15.5. The van der Waals surface area contributed by atoms with Crippen LogP contribution in [0.3, 0.4) is 0 Å². The first-order chi connectivity index (χ1) is 12.5. The molecule has 0 aliphatic carbocycles. The van der Waals surface area contributed by atoms with Gasteiger partial charge in [0.05, 0.1) is 8.07 Å². The largest absolute Gasteiger partial charge is 0.534 e. The van der Waals surface area contributed by atoms with Gasteiger partial charge in [0.25, 0.3) is 0 Å². The molecule has 15 heteroatoms. The van der Waals surface area contributed by atoms with Crippen LogP contribution in [-0.4, -0.2) is 35.9 Å². The SMILES string of the molecule is CC(C)(C)[Si](C)(C)c1c(OS(=O)(=O)C(F)(F)F)cccc1OS(=O)(=O)C(F)(F)F. The molecule has 0 fully saturated rings. The molecule has 0 N–H and O–H groups in total. The Morgan fingerprint density at radius 3 is 1.31 bits per heavy atom. The first-order valence-corrected chi connectivity index (χ1v) is 13.5. The molecule has 0 aromatic heterocycles. The van der Waals surface area contributed by atoms with Crippen molar-refractivity contribution in [1.82, 2.24) is 0 Å². The highest BCUT2D eigenvalue weighted by molar-refractivity contribution is 7.88. The van der Waals surface area contributed by atoms with Crippen molar-refractivity contribution in [2.75, 3.05) is 0 Å². The summed E-state index contributed by atoms with van der Waals surface area (Å²) in [6, 6.07) is 2.39. The van der Waals surface area contributed by atoms with Crippen molar-refractivity contribution in [2.24, 2.45) is 0 Å². The lowest BCUT2D eigenvalue weighted by Crippen LogP contribution is -2.51. The molecule has 0 saturated heterocycles. The molecular formula is C14H18F6O6S2Si. The highest BCUT2D eigenvalue weighted by atomic mass is 32.2. The summed E-state index contributed by atoms with van der Waals surface area (Å²) in [6.45, 7) is 7.80. The van der Waals surface area contributed by atoms with Crippen molar-refractivity contribution in [3.63, 3.8) is 0 Å². The fourth-order valence-corrected chi connectivity index (χ4v) is 5.31. The van der Waals surface area contributed by atoms with Gasteiger partial charge >= 0.3 is 31.3 Å². The summed E-state index contributed by atoms with van der Waals surface area (Å²) in [5.41, 5.74) is -11.6. The van der Waals surface area contributed by atoms with Crippen LogP contribution in [0.25, 0.3) is 0 Å². The van der Waals surface area contributed by atoms with Crippen LogP contribution >= 0.6 is 0 Å². The van der Waals surface area contributed by atoms with Crippen LogP contribution in [-0.2, 0) is 20.2 Å². The first-order valence-electron chi connectivity index (χ1n) is 7.69. The fraction of sp³-hybridized carbons (Fsp3) is 0.571. The van der Waals surface area contributed by atoms with Gasteiger partial charge in [-0.3, -0.25) is 0 Å². The van der Waals surface area contributed by atoms with Crippen LogP contribution in [0.2, 0.25) is 18.1 Å². The van der Waals surface area contributed by atoms with E-state index < -0.39 is 61.1 Å². The average molecular weight is 489 g/mol. The zero-order valence-corrected chi connectivity index (χ0v) is 18.4. The summed E-state index contributed by atoms with van der Waals surface area (Å²) < 4.78 is 130. The van der Waals surface area contributed by atoms with E-state index in [4.69, 9.17) is 0 Å². The molecule has 0 aliphatic heterocycles. The Morgan fingerprint density at radius 1 is 0.759 bits per heavy atom. The first kappa shape index (κ1) is 25.6. The van der Waals surface area contributed by atoms with Gasteiger partial charge in [-0.05, 0) is 17.2 Å². The lowest BCUT2D eigenvalue weighted by molar-refractivity contribution is -0.0502. The summed E-state index contributed by atoms with van der Waals surface area (Å²) >= 11 is 0. The van der Waals surface area contributed by atoms with Gasteiger partial charge in [-0.1, -0.05) is 39.9 Å². The lowest BCUT2D eigenvalue weighted by Gasteiger charge is -2.38. The second-order valence-electron chi connectivity index (χ2n) is 7.47. The van der Waals surface area contributed by atoms with Crippen molar-refractivity contribution < 1.29 is 51.5 Å². The Bertz CT molecular complexity index is 911. The number of benzene rings is 1. The maximum atomic E-state index is 12.7. The van der Waals surface area contributed by atoms with Gasteiger partial charge in [0.2, 0.25) is 0 Å². The zero-order chi connectivity index (χ0) is 23.3. The van der Waals surface area contributed by atoms with Gasteiger partial charge in [-0.15, -0.1) is 0 Å². The molecule has 0 saturated carbocycles. The number of rotatable bonds is 5. The summed E-state index contributed by atoms with van der Waals surface area (Å²) in [4.78, 5) is 0. The molecule has 0 bridgehead atoms. The molecule has 1 aromatic rings. The van der Waals surface area contributed by atoms with Crippen LogP contribution in [0.5, 0.6) is 11.5 Å². The van der Waals surface area contributed by atoms with Gasteiger partial charge in [0, 0.05) is 5.19 Å². The molecule has 0 amide bonds. The summed E-state index contributed by atoms with van der Waals surface area (Å²) in [6.07, 6.45) is 0. The van der Waals surface area contributed by atoms with Gasteiger partial charge in [-0.2, -0.15) is 43.2 Å². The van der Waals surface area contributed by atoms with E-state index in [9.17, 15) is 43.2 Å². The van der Waals surface area contributed by atoms with E-state index in [-0.39, 0.29) is 0 Å².